The second-order valence-electron chi connectivity index (χ2n) is 3.02. The van der Waals surface area contributed by atoms with Crippen molar-refractivity contribution < 1.29 is 4.79 Å². The van der Waals surface area contributed by atoms with Gasteiger partial charge in [-0.2, -0.15) is 0 Å². The van der Waals surface area contributed by atoms with Gasteiger partial charge < -0.3 is 0 Å². The maximum absolute atomic E-state index is 11.4. The van der Waals surface area contributed by atoms with Crippen molar-refractivity contribution in [2.24, 2.45) is 10.2 Å². The molecule has 0 saturated carbocycles. The minimum atomic E-state index is -1.95. The standard InChI is InChI=1S/C9H4Cl5IN2O/c10-4-1-5(11)8(6(12)2-4)16-17-9(13,14)7(18)3-15/h1-2H,3H2. The highest BCUT2D eigenvalue weighted by Crippen LogP contribution is 2.37. The Balaban J connectivity index is 3.09. The second kappa shape index (κ2) is 6.90. The molecule has 0 spiro atoms. The van der Waals surface area contributed by atoms with Crippen LogP contribution in [-0.4, -0.2) is 14.7 Å². The molecule has 0 saturated heterocycles. The number of rotatable bonds is 4. The lowest BCUT2D eigenvalue weighted by atomic mass is 10.3. The molecule has 9 heteroatoms. The first kappa shape index (κ1) is 16.7. The summed E-state index contributed by atoms with van der Waals surface area (Å²) in [6.07, 6.45) is 0. The third-order valence-corrected chi connectivity index (χ3v) is 3.77. The molecule has 0 aromatic heterocycles. The zero-order valence-electron chi connectivity index (χ0n) is 8.43. The Morgan fingerprint density at radius 3 is 2.17 bits per heavy atom. The summed E-state index contributed by atoms with van der Waals surface area (Å²) in [5.74, 6) is -0.489. The van der Waals surface area contributed by atoms with E-state index in [0.29, 0.717) is 5.02 Å². The van der Waals surface area contributed by atoms with Gasteiger partial charge in [-0.1, -0.05) is 80.6 Å². The first-order valence-electron chi connectivity index (χ1n) is 4.32. The average molecular weight is 460 g/mol. The first-order valence-corrected chi connectivity index (χ1v) is 7.74. The van der Waals surface area contributed by atoms with Crippen molar-refractivity contribution in [3.63, 3.8) is 0 Å². The lowest BCUT2D eigenvalue weighted by Crippen LogP contribution is -2.23. The quantitative estimate of drug-likeness (QED) is 0.240. The highest BCUT2D eigenvalue weighted by atomic mass is 127. The van der Waals surface area contributed by atoms with Gasteiger partial charge in [0.2, 0.25) is 5.78 Å². The fourth-order valence-corrected chi connectivity index (χ4v) is 2.98. The van der Waals surface area contributed by atoms with Crippen LogP contribution in [0.3, 0.4) is 0 Å². The van der Waals surface area contributed by atoms with E-state index in [4.69, 9.17) is 58.0 Å². The van der Waals surface area contributed by atoms with Gasteiger partial charge in [0, 0.05) is 5.02 Å². The molecule has 1 aromatic rings. The number of carbonyl (C=O) groups excluding carboxylic acids is 1. The number of alkyl halides is 3. The van der Waals surface area contributed by atoms with Gasteiger partial charge in [-0.15, -0.1) is 10.2 Å². The predicted molar refractivity (Wildman–Crippen MR) is 84.3 cm³/mol. The van der Waals surface area contributed by atoms with Gasteiger partial charge in [0.05, 0.1) is 14.5 Å². The van der Waals surface area contributed by atoms with Gasteiger partial charge in [-0.25, -0.2) is 0 Å². The highest BCUT2D eigenvalue weighted by molar-refractivity contribution is 14.1. The van der Waals surface area contributed by atoms with Crippen LogP contribution in [0.15, 0.2) is 22.4 Å². The summed E-state index contributed by atoms with van der Waals surface area (Å²) < 4.78 is -1.85. The number of hydrogen-bond donors (Lipinski definition) is 0. The van der Waals surface area contributed by atoms with Gasteiger partial charge in [-0.05, 0) is 12.1 Å². The van der Waals surface area contributed by atoms with E-state index in [9.17, 15) is 4.79 Å². The molecule has 1 aromatic carbocycles. The Kier molecular flexibility index (Phi) is 6.41. The minimum absolute atomic E-state index is 0.103. The fraction of sp³-hybridized carbons (Fsp3) is 0.222. The van der Waals surface area contributed by atoms with Crippen LogP contribution in [-0.2, 0) is 4.79 Å². The van der Waals surface area contributed by atoms with Crippen LogP contribution in [0.25, 0.3) is 0 Å². The predicted octanol–water partition coefficient (Wildman–Crippen LogP) is 5.87. The van der Waals surface area contributed by atoms with Gasteiger partial charge in [0.15, 0.2) is 0 Å². The number of ketones is 1. The van der Waals surface area contributed by atoms with Crippen LogP contribution in [0.2, 0.25) is 15.1 Å². The van der Waals surface area contributed by atoms with Crippen LogP contribution in [0.5, 0.6) is 0 Å². The molecule has 0 bridgehead atoms. The molecule has 0 amide bonds. The second-order valence-corrected chi connectivity index (χ2v) is 6.32. The van der Waals surface area contributed by atoms with E-state index in [1.54, 1.807) is 0 Å². The van der Waals surface area contributed by atoms with Gasteiger partial charge in [-0.3, -0.25) is 4.79 Å². The summed E-state index contributed by atoms with van der Waals surface area (Å²) in [6.45, 7) is 0. The molecule has 1 rings (SSSR count). The topological polar surface area (TPSA) is 41.8 Å². The van der Waals surface area contributed by atoms with Crippen LogP contribution in [0, 0.1) is 0 Å². The Bertz CT molecular complexity index is 483. The van der Waals surface area contributed by atoms with Crippen molar-refractivity contribution >= 4 is 92.1 Å². The van der Waals surface area contributed by atoms with Crippen molar-refractivity contribution in [1.82, 2.24) is 0 Å². The molecule has 0 aliphatic carbocycles. The molecule has 0 unspecified atom stereocenters. The van der Waals surface area contributed by atoms with Crippen LogP contribution < -0.4 is 0 Å². The van der Waals surface area contributed by atoms with E-state index in [0.717, 1.165) is 0 Å². The molecule has 0 N–H and O–H groups in total. The lowest BCUT2D eigenvalue weighted by Gasteiger charge is -2.09. The zero-order chi connectivity index (χ0) is 13.9. The molecule has 18 heavy (non-hydrogen) atoms. The number of Topliss-reactive ketones (excluding diaryl/α,β-unsaturated/α-hetero) is 1. The van der Waals surface area contributed by atoms with E-state index < -0.39 is 10.2 Å². The summed E-state index contributed by atoms with van der Waals surface area (Å²) in [5.41, 5.74) is 0.148. The SMILES string of the molecule is O=C(CI)C(Cl)(Cl)N=Nc1c(Cl)cc(Cl)cc1Cl. The first-order chi connectivity index (χ1) is 8.27. The van der Waals surface area contributed by atoms with Crippen molar-refractivity contribution in [1.29, 1.82) is 0 Å². The van der Waals surface area contributed by atoms with E-state index in [2.05, 4.69) is 10.2 Å². The third kappa shape index (κ3) is 4.35. The highest BCUT2D eigenvalue weighted by Gasteiger charge is 2.32. The maximum Gasteiger partial charge on any atom is 0.287 e. The van der Waals surface area contributed by atoms with E-state index >= 15 is 0 Å². The third-order valence-electron chi connectivity index (χ3n) is 1.71. The molecular weight excluding hydrogens is 456 g/mol. The van der Waals surface area contributed by atoms with Gasteiger partial charge in [0.1, 0.15) is 5.69 Å². The molecule has 0 radical (unpaired) electrons. The summed E-state index contributed by atoms with van der Waals surface area (Å²) >= 11 is 30.7. The summed E-state index contributed by atoms with van der Waals surface area (Å²) in [6, 6.07) is 2.88. The van der Waals surface area contributed by atoms with Crippen LogP contribution in [0.1, 0.15) is 0 Å². The molecular formula is C9H4Cl5IN2O. The van der Waals surface area contributed by atoms with Crippen molar-refractivity contribution in [2.45, 2.75) is 4.46 Å². The largest absolute Gasteiger partial charge is 0.293 e. The number of carbonyl (C=O) groups is 1. The lowest BCUT2D eigenvalue weighted by molar-refractivity contribution is -0.116. The minimum Gasteiger partial charge on any atom is -0.293 e. The maximum atomic E-state index is 11.4. The summed E-state index contributed by atoms with van der Waals surface area (Å²) in [5, 5.41) is 7.96. The Morgan fingerprint density at radius 2 is 1.72 bits per heavy atom. The number of nitrogens with zero attached hydrogens (tertiary/aromatic N) is 2. The van der Waals surface area contributed by atoms with Gasteiger partial charge >= 0.3 is 0 Å². The Hall–Kier alpha value is 0.670. The normalized spacial score (nSPS) is 12.1. The fourth-order valence-electron chi connectivity index (χ4n) is 0.879. The summed E-state index contributed by atoms with van der Waals surface area (Å²) in [4.78, 5) is 11.4. The Labute approximate surface area is 142 Å². The molecule has 0 heterocycles. The van der Waals surface area contributed by atoms with Crippen molar-refractivity contribution in [3.05, 3.63) is 27.2 Å². The molecule has 0 atom stereocenters. The molecule has 0 aliphatic rings. The molecule has 0 fully saturated rings. The zero-order valence-corrected chi connectivity index (χ0v) is 14.4. The van der Waals surface area contributed by atoms with Crippen molar-refractivity contribution in [2.75, 3.05) is 4.43 Å². The van der Waals surface area contributed by atoms with Gasteiger partial charge in [0.25, 0.3) is 4.46 Å². The molecule has 98 valence electrons. The van der Waals surface area contributed by atoms with E-state index in [1.807, 2.05) is 22.6 Å². The van der Waals surface area contributed by atoms with E-state index in [-0.39, 0.29) is 20.2 Å². The number of hydrogen-bond acceptors (Lipinski definition) is 3. The molecule has 0 aliphatic heterocycles. The van der Waals surface area contributed by atoms with Crippen LogP contribution >= 0.6 is 80.6 Å². The summed E-state index contributed by atoms with van der Waals surface area (Å²) in [7, 11) is 0. The number of benzene rings is 1. The Morgan fingerprint density at radius 1 is 1.22 bits per heavy atom. The van der Waals surface area contributed by atoms with Crippen LogP contribution in [0.4, 0.5) is 5.69 Å². The average Bonchev–Trinajstić information content (AvgIpc) is 2.26. The molecule has 3 nitrogen and oxygen atoms in total. The number of azo groups is 1. The monoisotopic (exact) mass is 458 g/mol. The number of halogens is 6. The van der Waals surface area contributed by atoms with Crippen molar-refractivity contribution in [3.8, 4) is 0 Å². The smallest absolute Gasteiger partial charge is 0.287 e. The van der Waals surface area contributed by atoms with E-state index in [1.165, 1.54) is 12.1 Å².